The molecule has 0 aliphatic rings. The van der Waals surface area contributed by atoms with E-state index in [0.29, 0.717) is 31.1 Å². The van der Waals surface area contributed by atoms with Gasteiger partial charge >= 0.3 is 0 Å². The summed E-state index contributed by atoms with van der Waals surface area (Å²) in [6, 6.07) is 26.5. The predicted octanol–water partition coefficient (Wildman–Crippen LogP) is 3.53. The van der Waals surface area contributed by atoms with E-state index in [-0.39, 0.29) is 11.8 Å². The van der Waals surface area contributed by atoms with E-state index in [1.54, 1.807) is 0 Å². The van der Waals surface area contributed by atoms with Gasteiger partial charge in [-0.25, -0.2) is 0 Å². The van der Waals surface area contributed by atoms with Gasteiger partial charge in [-0.2, -0.15) is 17.8 Å². The lowest BCUT2D eigenvalue weighted by Gasteiger charge is -2.15. The van der Waals surface area contributed by atoms with E-state index in [0.717, 1.165) is 28.8 Å². The van der Waals surface area contributed by atoms with Crippen molar-refractivity contribution < 1.29 is 4.79 Å². The number of aromatic amines is 1. The summed E-state index contributed by atoms with van der Waals surface area (Å²) in [4.78, 5) is 12.5. The smallest absolute Gasteiger partial charge is 0.224 e. The van der Waals surface area contributed by atoms with Gasteiger partial charge in [0.15, 0.2) is 0 Å². The molecule has 7 nitrogen and oxygen atoms in total. The molecule has 1 unspecified atom stereocenters. The standard InChI is InChI=1S/C26H28N6OS/c33-26(22(18-34)16-19-6-2-1-3-7-19)28-15-14-27-17-20-10-12-21(13-11-20)23-8-4-5-9-24(23)25-29-31-32-30-25/h1-13,22,27,34H,14-18H2,(H,28,33)(H,29,30,31,32). The highest BCUT2D eigenvalue weighted by molar-refractivity contribution is 7.80. The van der Waals surface area contributed by atoms with Gasteiger partial charge in [0.25, 0.3) is 0 Å². The zero-order valence-corrected chi connectivity index (χ0v) is 19.7. The molecule has 1 heterocycles. The fourth-order valence-corrected chi connectivity index (χ4v) is 4.09. The lowest BCUT2D eigenvalue weighted by Crippen LogP contribution is -2.37. The Morgan fingerprint density at radius 1 is 0.882 bits per heavy atom. The van der Waals surface area contributed by atoms with E-state index >= 15 is 0 Å². The van der Waals surface area contributed by atoms with Gasteiger partial charge in [-0.15, -0.1) is 10.2 Å². The number of carbonyl (C=O) groups is 1. The SMILES string of the molecule is O=C(NCCNCc1ccc(-c2ccccc2-c2nn[nH]n2)cc1)C(CS)Cc1ccccc1. The third-order valence-electron chi connectivity index (χ3n) is 5.62. The monoisotopic (exact) mass is 472 g/mol. The van der Waals surface area contributed by atoms with Gasteiger partial charge in [-0.1, -0.05) is 78.9 Å². The van der Waals surface area contributed by atoms with Gasteiger partial charge in [0.05, 0.1) is 5.92 Å². The first kappa shape index (κ1) is 23.7. The number of thiol groups is 1. The molecule has 3 aromatic carbocycles. The van der Waals surface area contributed by atoms with Crippen molar-refractivity contribution in [3.8, 4) is 22.5 Å². The molecule has 34 heavy (non-hydrogen) atoms. The molecule has 174 valence electrons. The first-order valence-electron chi connectivity index (χ1n) is 11.3. The van der Waals surface area contributed by atoms with Crippen molar-refractivity contribution in [2.45, 2.75) is 13.0 Å². The highest BCUT2D eigenvalue weighted by Gasteiger charge is 2.16. The minimum Gasteiger partial charge on any atom is -0.355 e. The number of hydrogen-bond donors (Lipinski definition) is 4. The maximum Gasteiger partial charge on any atom is 0.224 e. The molecule has 0 fully saturated rings. The summed E-state index contributed by atoms with van der Waals surface area (Å²) in [5.41, 5.74) is 5.40. The first-order chi connectivity index (χ1) is 16.7. The average molecular weight is 473 g/mol. The van der Waals surface area contributed by atoms with Gasteiger partial charge in [-0.05, 0) is 33.9 Å². The number of H-pyrrole nitrogens is 1. The summed E-state index contributed by atoms with van der Waals surface area (Å²) < 4.78 is 0. The molecule has 8 heteroatoms. The number of rotatable bonds is 11. The normalized spacial score (nSPS) is 11.8. The number of amides is 1. The second-order valence-corrected chi connectivity index (χ2v) is 8.38. The van der Waals surface area contributed by atoms with Gasteiger partial charge in [0, 0.05) is 31.0 Å². The molecule has 1 amide bonds. The Hall–Kier alpha value is -3.49. The fraction of sp³-hybridized carbons (Fsp3) is 0.231. The molecule has 4 rings (SSSR count). The Morgan fingerprint density at radius 3 is 2.32 bits per heavy atom. The third kappa shape index (κ3) is 6.30. The number of benzene rings is 3. The molecule has 0 aliphatic carbocycles. The fourth-order valence-electron chi connectivity index (χ4n) is 3.80. The molecular formula is C26H28N6OS. The molecule has 1 aromatic heterocycles. The molecule has 4 aromatic rings. The molecule has 0 spiro atoms. The lowest BCUT2D eigenvalue weighted by atomic mass is 9.98. The topological polar surface area (TPSA) is 95.6 Å². The minimum absolute atomic E-state index is 0.0465. The van der Waals surface area contributed by atoms with Gasteiger partial charge in [-0.3, -0.25) is 4.79 Å². The Kier molecular flexibility index (Phi) is 8.43. The first-order valence-corrected chi connectivity index (χ1v) is 11.9. The van der Waals surface area contributed by atoms with E-state index in [9.17, 15) is 4.79 Å². The molecule has 3 N–H and O–H groups in total. The molecule has 0 radical (unpaired) electrons. The maximum atomic E-state index is 12.5. The Balaban J connectivity index is 1.24. The van der Waals surface area contributed by atoms with E-state index in [4.69, 9.17) is 0 Å². The summed E-state index contributed by atoms with van der Waals surface area (Å²) in [5.74, 6) is 1.02. The van der Waals surface area contributed by atoms with Crippen LogP contribution in [-0.4, -0.2) is 45.4 Å². The zero-order valence-electron chi connectivity index (χ0n) is 18.8. The minimum atomic E-state index is -0.131. The van der Waals surface area contributed by atoms with Gasteiger partial charge in [0.1, 0.15) is 0 Å². The van der Waals surface area contributed by atoms with Crippen molar-refractivity contribution >= 4 is 18.5 Å². The van der Waals surface area contributed by atoms with E-state index in [1.807, 2.05) is 48.5 Å². The van der Waals surface area contributed by atoms with Gasteiger partial charge < -0.3 is 10.6 Å². The van der Waals surface area contributed by atoms with E-state index in [2.05, 4.69) is 74.2 Å². The van der Waals surface area contributed by atoms with Gasteiger partial charge in [0.2, 0.25) is 11.7 Å². The van der Waals surface area contributed by atoms with Crippen LogP contribution in [0.2, 0.25) is 0 Å². The summed E-state index contributed by atoms with van der Waals surface area (Å²) in [6.45, 7) is 2.00. The number of nitrogens with one attached hydrogen (secondary N) is 3. The Morgan fingerprint density at radius 2 is 1.62 bits per heavy atom. The number of tetrazole rings is 1. The quantitative estimate of drug-likeness (QED) is 0.198. The summed E-state index contributed by atoms with van der Waals surface area (Å²) in [5, 5.41) is 20.8. The van der Waals surface area contributed by atoms with Crippen LogP contribution in [0.25, 0.3) is 22.5 Å². The predicted molar refractivity (Wildman–Crippen MR) is 137 cm³/mol. The zero-order chi connectivity index (χ0) is 23.6. The number of hydrogen-bond acceptors (Lipinski definition) is 6. The van der Waals surface area contributed by atoms with E-state index < -0.39 is 0 Å². The molecule has 1 atom stereocenters. The molecular weight excluding hydrogens is 444 g/mol. The second kappa shape index (κ2) is 12.1. The lowest BCUT2D eigenvalue weighted by molar-refractivity contribution is -0.124. The molecule has 0 saturated heterocycles. The van der Waals surface area contributed by atoms with Crippen molar-refractivity contribution in [2.24, 2.45) is 5.92 Å². The van der Waals surface area contributed by atoms with Crippen molar-refractivity contribution in [1.82, 2.24) is 31.3 Å². The Labute approximate surface area is 204 Å². The highest BCUT2D eigenvalue weighted by Crippen LogP contribution is 2.29. The molecule has 0 aliphatic heterocycles. The van der Waals surface area contributed by atoms with Crippen LogP contribution in [0.5, 0.6) is 0 Å². The molecule has 0 saturated carbocycles. The van der Waals surface area contributed by atoms with Crippen LogP contribution >= 0.6 is 12.6 Å². The summed E-state index contributed by atoms with van der Waals surface area (Å²) in [7, 11) is 0. The number of aromatic nitrogens is 4. The molecule has 0 bridgehead atoms. The van der Waals surface area contributed by atoms with Crippen LogP contribution in [0, 0.1) is 5.92 Å². The summed E-state index contributed by atoms with van der Waals surface area (Å²) >= 11 is 4.37. The van der Waals surface area contributed by atoms with Crippen LogP contribution in [0.4, 0.5) is 0 Å². The average Bonchev–Trinajstić information content (AvgIpc) is 3.43. The number of carbonyl (C=O) groups excluding carboxylic acids is 1. The van der Waals surface area contributed by atoms with Crippen LogP contribution in [-0.2, 0) is 17.8 Å². The van der Waals surface area contributed by atoms with Crippen LogP contribution < -0.4 is 10.6 Å². The van der Waals surface area contributed by atoms with Crippen molar-refractivity contribution in [3.05, 3.63) is 90.0 Å². The summed E-state index contributed by atoms with van der Waals surface area (Å²) in [6.07, 6.45) is 0.700. The Bertz CT molecular complexity index is 1170. The maximum absolute atomic E-state index is 12.5. The van der Waals surface area contributed by atoms with Crippen molar-refractivity contribution in [2.75, 3.05) is 18.8 Å². The van der Waals surface area contributed by atoms with Crippen molar-refractivity contribution in [3.63, 3.8) is 0 Å². The van der Waals surface area contributed by atoms with Crippen LogP contribution in [0.1, 0.15) is 11.1 Å². The van der Waals surface area contributed by atoms with Crippen LogP contribution in [0.15, 0.2) is 78.9 Å². The largest absolute Gasteiger partial charge is 0.355 e. The van der Waals surface area contributed by atoms with Crippen molar-refractivity contribution in [1.29, 1.82) is 0 Å². The third-order valence-corrected chi connectivity index (χ3v) is 6.07. The van der Waals surface area contributed by atoms with E-state index in [1.165, 1.54) is 5.56 Å². The second-order valence-electron chi connectivity index (χ2n) is 8.01. The number of nitrogens with zero attached hydrogens (tertiary/aromatic N) is 3. The highest BCUT2D eigenvalue weighted by atomic mass is 32.1. The van der Waals surface area contributed by atoms with Crippen LogP contribution in [0.3, 0.4) is 0 Å².